The van der Waals surface area contributed by atoms with Gasteiger partial charge in [0.2, 0.25) is 5.91 Å². The zero-order valence-electron chi connectivity index (χ0n) is 16.4. The summed E-state index contributed by atoms with van der Waals surface area (Å²) >= 11 is 5.93. The van der Waals surface area contributed by atoms with Crippen LogP contribution in [0.5, 0.6) is 0 Å². The Morgan fingerprint density at radius 1 is 1.06 bits per heavy atom. The molecule has 1 amide bonds. The molecule has 0 fully saturated rings. The lowest BCUT2D eigenvalue weighted by Crippen LogP contribution is -2.38. The van der Waals surface area contributed by atoms with Crippen LogP contribution in [0.15, 0.2) is 77.7 Å². The van der Waals surface area contributed by atoms with Crippen molar-refractivity contribution in [2.45, 2.75) is 11.8 Å². The summed E-state index contributed by atoms with van der Waals surface area (Å²) in [5, 5.41) is 14.5. The Kier molecular flexibility index (Phi) is 6.57. The fourth-order valence-electron chi connectivity index (χ4n) is 2.94. The van der Waals surface area contributed by atoms with Gasteiger partial charge in [0.1, 0.15) is 6.54 Å². The summed E-state index contributed by atoms with van der Waals surface area (Å²) in [6.45, 7) is 1.17. The zero-order valence-corrected chi connectivity index (χ0v) is 17.9. The molecular weight excluding hydrogens is 442 g/mol. The second-order valence-corrected chi connectivity index (χ2v) is 8.85. The van der Waals surface area contributed by atoms with Crippen molar-refractivity contribution in [1.82, 2.24) is 0 Å². The average Bonchev–Trinajstić information content (AvgIpc) is 2.74. The molecule has 31 heavy (non-hydrogen) atoms. The predicted molar refractivity (Wildman–Crippen MR) is 119 cm³/mol. The van der Waals surface area contributed by atoms with Crippen molar-refractivity contribution in [2.75, 3.05) is 16.2 Å². The lowest BCUT2D eigenvalue weighted by molar-refractivity contribution is -0.387. The third-order valence-corrected chi connectivity index (χ3v) is 6.48. The summed E-state index contributed by atoms with van der Waals surface area (Å²) in [6, 6.07) is 17.8. The molecule has 0 aliphatic rings. The Balaban J connectivity index is 2.00. The molecule has 0 aliphatic carbocycles. The maximum Gasteiger partial charge on any atom is 0.289 e. The van der Waals surface area contributed by atoms with Crippen molar-refractivity contribution in [2.24, 2.45) is 0 Å². The first-order valence-corrected chi connectivity index (χ1v) is 10.9. The van der Waals surface area contributed by atoms with E-state index < -0.39 is 38.0 Å². The smallest absolute Gasteiger partial charge is 0.289 e. The molecule has 0 atom stereocenters. The van der Waals surface area contributed by atoms with E-state index >= 15 is 0 Å². The number of nitrogens with one attached hydrogen (secondary N) is 1. The van der Waals surface area contributed by atoms with Crippen LogP contribution in [0, 0.1) is 17.0 Å². The van der Waals surface area contributed by atoms with E-state index in [-0.39, 0.29) is 5.69 Å². The summed E-state index contributed by atoms with van der Waals surface area (Å²) in [7, 11) is -4.42. The maximum absolute atomic E-state index is 13.4. The van der Waals surface area contributed by atoms with Crippen molar-refractivity contribution < 1.29 is 18.1 Å². The first-order chi connectivity index (χ1) is 14.7. The lowest BCUT2D eigenvalue weighted by atomic mass is 10.2. The highest BCUT2D eigenvalue weighted by Gasteiger charge is 2.33. The molecule has 0 bridgehead atoms. The molecular formula is C21H18ClN3O5S. The minimum Gasteiger partial charge on any atom is -0.324 e. The van der Waals surface area contributed by atoms with Crippen LogP contribution in [-0.4, -0.2) is 25.8 Å². The summed E-state index contributed by atoms with van der Waals surface area (Å²) in [5.41, 5.74) is 0.806. The molecule has 1 N–H and O–H groups in total. The van der Waals surface area contributed by atoms with Gasteiger partial charge in [0.15, 0.2) is 4.90 Å². The second kappa shape index (κ2) is 9.15. The third-order valence-electron chi connectivity index (χ3n) is 4.42. The van der Waals surface area contributed by atoms with Gasteiger partial charge in [-0.2, -0.15) is 0 Å². The van der Waals surface area contributed by atoms with Gasteiger partial charge in [0.25, 0.3) is 15.7 Å². The molecule has 8 nitrogen and oxygen atoms in total. The SMILES string of the molecule is Cc1cc(Cl)ccc1NC(=O)CN(c1ccccc1)S(=O)(=O)c1ccccc1[N+](=O)[O-]. The maximum atomic E-state index is 13.4. The molecule has 3 rings (SSSR count). The fraction of sp³-hybridized carbons (Fsp3) is 0.0952. The molecule has 0 aromatic heterocycles. The number of hydrogen-bond acceptors (Lipinski definition) is 5. The van der Waals surface area contributed by atoms with Crippen LogP contribution in [0.1, 0.15) is 5.56 Å². The van der Waals surface area contributed by atoms with E-state index in [2.05, 4.69) is 5.32 Å². The number of carbonyl (C=O) groups excluding carboxylic acids is 1. The minimum atomic E-state index is -4.42. The van der Waals surface area contributed by atoms with Gasteiger partial charge in [-0.25, -0.2) is 8.42 Å². The molecule has 0 aliphatic heterocycles. The van der Waals surface area contributed by atoms with Crippen LogP contribution in [0.2, 0.25) is 5.02 Å². The highest BCUT2D eigenvalue weighted by Crippen LogP contribution is 2.30. The first-order valence-electron chi connectivity index (χ1n) is 9.07. The van der Waals surface area contributed by atoms with Gasteiger partial charge >= 0.3 is 0 Å². The number of rotatable bonds is 7. The average molecular weight is 460 g/mol. The Labute approximate surface area is 184 Å². The van der Waals surface area contributed by atoms with Crippen LogP contribution < -0.4 is 9.62 Å². The molecule has 0 saturated heterocycles. The van der Waals surface area contributed by atoms with Crippen LogP contribution in [-0.2, 0) is 14.8 Å². The van der Waals surface area contributed by atoms with E-state index in [0.717, 1.165) is 16.4 Å². The van der Waals surface area contributed by atoms with Crippen molar-refractivity contribution in [3.63, 3.8) is 0 Å². The summed E-state index contributed by atoms with van der Waals surface area (Å²) < 4.78 is 27.6. The monoisotopic (exact) mass is 459 g/mol. The second-order valence-electron chi connectivity index (χ2n) is 6.58. The van der Waals surface area contributed by atoms with E-state index in [1.165, 1.54) is 24.3 Å². The van der Waals surface area contributed by atoms with E-state index in [1.807, 2.05) is 0 Å². The number of nitro benzene ring substituents is 1. The number of amides is 1. The minimum absolute atomic E-state index is 0.198. The third kappa shape index (κ3) is 5.01. The normalized spacial score (nSPS) is 11.0. The Morgan fingerprint density at radius 3 is 2.35 bits per heavy atom. The van der Waals surface area contributed by atoms with Crippen molar-refractivity contribution in [3.8, 4) is 0 Å². The number of sulfonamides is 1. The number of nitro groups is 1. The lowest BCUT2D eigenvalue weighted by Gasteiger charge is -2.24. The number of carbonyl (C=O) groups is 1. The van der Waals surface area contributed by atoms with Gasteiger partial charge in [-0.15, -0.1) is 0 Å². The zero-order chi connectivity index (χ0) is 22.6. The van der Waals surface area contributed by atoms with Gasteiger partial charge in [0, 0.05) is 16.8 Å². The van der Waals surface area contributed by atoms with Gasteiger partial charge in [0.05, 0.1) is 10.6 Å². The standard InChI is InChI=1S/C21H18ClN3O5S/c1-15-13-16(22)11-12-18(15)23-21(26)14-24(17-7-3-2-4-8-17)31(29,30)20-10-6-5-9-19(20)25(27)28/h2-13H,14H2,1H3,(H,23,26). The van der Waals surface area contributed by atoms with Gasteiger partial charge in [-0.1, -0.05) is 41.9 Å². The first kappa shape index (κ1) is 22.3. The number of aryl methyl sites for hydroxylation is 1. The highest BCUT2D eigenvalue weighted by molar-refractivity contribution is 7.93. The number of halogens is 1. The fourth-order valence-corrected chi connectivity index (χ4v) is 4.75. The highest BCUT2D eigenvalue weighted by atomic mass is 35.5. The quantitative estimate of drug-likeness (QED) is 0.416. The van der Waals surface area contributed by atoms with E-state index in [9.17, 15) is 23.3 Å². The molecule has 160 valence electrons. The van der Waals surface area contributed by atoms with Crippen LogP contribution >= 0.6 is 11.6 Å². The van der Waals surface area contributed by atoms with Gasteiger partial charge in [-0.3, -0.25) is 19.2 Å². The molecule has 10 heteroatoms. The topological polar surface area (TPSA) is 110 Å². The number of para-hydroxylation sites is 2. The van der Waals surface area contributed by atoms with E-state index in [0.29, 0.717) is 16.3 Å². The summed E-state index contributed by atoms with van der Waals surface area (Å²) in [5.74, 6) is -0.614. The van der Waals surface area contributed by atoms with Gasteiger partial charge in [-0.05, 0) is 48.9 Å². The van der Waals surface area contributed by atoms with Crippen molar-refractivity contribution in [3.05, 3.63) is 93.5 Å². The summed E-state index contributed by atoms with van der Waals surface area (Å²) in [4.78, 5) is 22.9. The van der Waals surface area contributed by atoms with Crippen LogP contribution in [0.25, 0.3) is 0 Å². The van der Waals surface area contributed by atoms with E-state index in [1.54, 1.807) is 43.3 Å². The van der Waals surface area contributed by atoms with Crippen LogP contribution in [0.4, 0.5) is 17.1 Å². The molecule has 0 heterocycles. The van der Waals surface area contributed by atoms with E-state index in [4.69, 9.17) is 11.6 Å². The predicted octanol–water partition coefficient (Wildman–Crippen LogP) is 4.39. The molecule has 3 aromatic rings. The number of hydrogen-bond donors (Lipinski definition) is 1. The van der Waals surface area contributed by atoms with Crippen molar-refractivity contribution >= 4 is 44.6 Å². The van der Waals surface area contributed by atoms with Gasteiger partial charge < -0.3 is 5.32 Å². The largest absolute Gasteiger partial charge is 0.324 e. The Bertz CT molecular complexity index is 1230. The number of nitrogens with zero attached hydrogens (tertiary/aromatic N) is 2. The molecule has 0 spiro atoms. The Hall–Kier alpha value is -3.43. The molecule has 0 unspecified atom stereocenters. The Morgan fingerprint density at radius 2 is 1.71 bits per heavy atom. The summed E-state index contributed by atoms with van der Waals surface area (Å²) in [6.07, 6.45) is 0. The molecule has 0 radical (unpaired) electrons. The van der Waals surface area contributed by atoms with Crippen LogP contribution in [0.3, 0.4) is 0 Å². The van der Waals surface area contributed by atoms with Crippen molar-refractivity contribution in [1.29, 1.82) is 0 Å². The molecule has 0 saturated carbocycles. The molecule has 3 aromatic carbocycles. The number of benzene rings is 3. The number of anilines is 2.